The summed E-state index contributed by atoms with van der Waals surface area (Å²) in [7, 11) is 0. The van der Waals surface area contributed by atoms with Gasteiger partial charge in [0.2, 0.25) is 11.8 Å². The Kier molecular flexibility index (Phi) is 5.01. The molecule has 1 amide bonds. The van der Waals surface area contributed by atoms with Gasteiger partial charge in [-0.2, -0.15) is 5.10 Å². The second-order valence-electron chi connectivity index (χ2n) is 6.05. The van der Waals surface area contributed by atoms with Gasteiger partial charge in [-0.1, -0.05) is 0 Å². The van der Waals surface area contributed by atoms with E-state index in [1.165, 1.54) is 12.6 Å². The molecule has 1 saturated heterocycles. The monoisotopic (exact) mass is 369 g/mol. The van der Waals surface area contributed by atoms with Crippen molar-refractivity contribution in [1.29, 1.82) is 0 Å². The molecule has 0 atom stereocenters. The van der Waals surface area contributed by atoms with Crippen molar-refractivity contribution in [2.24, 2.45) is 0 Å². The van der Waals surface area contributed by atoms with Crippen LogP contribution in [0.4, 0.5) is 5.95 Å². The molecule has 3 aromatic rings. The number of hydrogen-bond acceptors (Lipinski definition) is 9. The Morgan fingerprint density at radius 1 is 1.19 bits per heavy atom. The highest BCUT2D eigenvalue weighted by Crippen LogP contribution is 2.12. The van der Waals surface area contributed by atoms with Crippen LogP contribution in [0.3, 0.4) is 0 Å². The molecule has 140 valence electrons. The first-order valence-electron chi connectivity index (χ1n) is 8.59. The van der Waals surface area contributed by atoms with Crippen molar-refractivity contribution in [1.82, 2.24) is 40.3 Å². The molecule has 1 aliphatic heterocycles. The summed E-state index contributed by atoms with van der Waals surface area (Å²) in [5.74, 6) is 1.53. The standard InChI is InChI=1S/C16H19N9O2/c26-15(19-8-13-20-11-21-23-13)12-10-27-14(22-12)9-24-4-6-25(7-5-24)16-17-2-1-3-18-16/h1-3,10-11H,4-9H2,(H,19,26)(H,20,21,23). The fraction of sp³-hybridized carbons (Fsp3) is 0.375. The van der Waals surface area contributed by atoms with Gasteiger partial charge in [-0.15, -0.1) is 0 Å². The molecule has 0 bridgehead atoms. The first-order chi connectivity index (χ1) is 13.3. The van der Waals surface area contributed by atoms with Crippen molar-refractivity contribution in [2.45, 2.75) is 13.1 Å². The van der Waals surface area contributed by atoms with Gasteiger partial charge in [0, 0.05) is 38.6 Å². The summed E-state index contributed by atoms with van der Waals surface area (Å²) >= 11 is 0. The minimum absolute atomic E-state index is 0.251. The summed E-state index contributed by atoms with van der Waals surface area (Å²) < 4.78 is 5.45. The van der Waals surface area contributed by atoms with Crippen LogP contribution in [-0.4, -0.2) is 67.1 Å². The normalized spacial score (nSPS) is 15.0. The molecule has 3 aromatic heterocycles. The average molecular weight is 369 g/mol. The van der Waals surface area contributed by atoms with Gasteiger partial charge in [0.25, 0.3) is 5.91 Å². The molecule has 0 radical (unpaired) electrons. The summed E-state index contributed by atoms with van der Waals surface area (Å²) in [4.78, 5) is 33.3. The van der Waals surface area contributed by atoms with Crippen LogP contribution in [0, 0.1) is 0 Å². The number of amides is 1. The van der Waals surface area contributed by atoms with Crippen LogP contribution in [0.2, 0.25) is 0 Å². The number of rotatable bonds is 6. The second-order valence-corrected chi connectivity index (χ2v) is 6.05. The van der Waals surface area contributed by atoms with Gasteiger partial charge in [0.15, 0.2) is 5.69 Å². The zero-order valence-corrected chi connectivity index (χ0v) is 14.6. The van der Waals surface area contributed by atoms with E-state index in [-0.39, 0.29) is 18.1 Å². The van der Waals surface area contributed by atoms with Crippen LogP contribution in [0.15, 0.2) is 35.5 Å². The van der Waals surface area contributed by atoms with Crippen LogP contribution in [0.1, 0.15) is 22.2 Å². The lowest BCUT2D eigenvalue weighted by Crippen LogP contribution is -2.46. The minimum Gasteiger partial charge on any atom is -0.447 e. The SMILES string of the molecule is O=C(NCc1ncn[nH]1)c1coc(CN2CCN(c3ncccn3)CC2)n1. The number of aromatic amines is 1. The van der Waals surface area contributed by atoms with Gasteiger partial charge in [-0.3, -0.25) is 14.8 Å². The van der Waals surface area contributed by atoms with Gasteiger partial charge in [0.1, 0.15) is 18.4 Å². The van der Waals surface area contributed by atoms with Crippen LogP contribution < -0.4 is 10.2 Å². The molecule has 1 fully saturated rings. The Morgan fingerprint density at radius 2 is 2.00 bits per heavy atom. The van der Waals surface area contributed by atoms with Crippen molar-refractivity contribution < 1.29 is 9.21 Å². The van der Waals surface area contributed by atoms with Crippen LogP contribution >= 0.6 is 0 Å². The number of nitrogens with one attached hydrogen (secondary N) is 2. The predicted octanol–water partition coefficient (Wildman–Crippen LogP) is -0.165. The van der Waals surface area contributed by atoms with Crippen molar-refractivity contribution in [3.05, 3.63) is 48.5 Å². The maximum atomic E-state index is 12.1. The van der Waals surface area contributed by atoms with Crippen molar-refractivity contribution in [3.8, 4) is 0 Å². The molecule has 4 rings (SSSR count). The van der Waals surface area contributed by atoms with E-state index in [1.54, 1.807) is 12.4 Å². The minimum atomic E-state index is -0.313. The Hall–Kier alpha value is -3.34. The third kappa shape index (κ3) is 4.26. The van der Waals surface area contributed by atoms with Crippen molar-refractivity contribution in [2.75, 3.05) is 31.1 Å². The molecule has 0 aromatic carbocycles. The Balaban J connectivity index is 1.26. The summed E-state index contributed by atoms with van der Waals surface area (Å²) in [5, 5.41) is 9.12. The number of carbonyl (C=O) groups excluding carboxylic acids is 1. The fourth-order valence-corrected chi connectivity index (χ4v) is 2.81. The molecule has 1 aliphatic rings. The van der Waals surface area contributed by atoms with Gasteiger partial charge < -0.3 is 14.6 Å². The van der Waals surface area contributed by atoms with Gasteiger partial charge in [0.05, 0.1) is 13.1 Å². The molecule has 0 aliphatic carbocycles. The summed E-state index contributed by atoms with van der Waals surface area (Å²) in [6.45, 7) is 4.15. The first kappa shape index (κ1) is 17.1. The number of carbonyl (C=O) groups is 1. The van der Waals surface area contributed by atoms with Crippen molar-refractivity contribution in [3.63, 3.8) is 0 Å². The third-order valence-electron chi connectivity index (χ3n) is 4.23. The number of aromatic nitrogens is 6. The Morgan fingerprint density at radius 3 is 2.74 bits per heavy atom. The second kappa shape index (κ2) is 7.91. The van der Waals surface area contributed by atoms with Gasteiger partial charge >= 0.3 is 0 Å². The predicted molar refractivity (Wildman–Crippen MR) is 93.6 cm³/mol. The number of anilines is 1. The highest BCUT2D eigenvalue weighted by molar-refractivity contribution is 5.91. The maximum Gasteiger partial charge on any atom is 0.273 e. The largest absolute Gasteiger partial charge is 0.447 e. The zero-order chi connectivity index (χ0) is 18.5. The molecule has 0 unspecified atom stereocenters. The molecule has 11 nitrogen and oxygen atoms in total. The van der Waals surface area contributed by atoms with E-state index >= 15 is 0 Å². The Bertz CT molecular complexity index is 857. The number of piperazine rings is 1. The van der Waals surface area contributed by atoms with Crippen LogP contribution in [-0.2, 0) is 13.1 Å². The molecular formula is C16H19N9O2. The van der Waals surface area contributed by atoms with E-state index < -0.39 is 0 Å². The fourth-order valence-electron chi connectivity index (χ4n) is 2.81. The quantitative estimate of drug-likeness (QED) is 0.608. The molecule has 11 heteroatoms. The topological polar surface area (TPSA) is 129 Å². The number of H-pyrrole nitrogens is 1. The summed E-state index contributed by atoms with van der Waals surface area (Å²) in [5.41, 5.74) is 0.251. The van der Waals surface area contributed by atoms with E-state index in [0.717, 1.165) is 32.1 Å². The summed E-state index contributed by atoms with van der Waals surface area (Å²) in [6.07, 6.45) is 6.26. The molecular weight excluding hydrogens is 350 g/mol. The number of hydrogen-bond donors (Lipinski definition) is 2. The lowest BCUT2D eigenvalue weighted by molar-refractivity contribution is 0.0945. The maximum absolute atomic E-state index is 12.1. The van der Waals surface area contributed by atoms with Crippen LogP contribution in [0.5, 0.6) is 0 Å². The van der Waals surface area contributed by atoms with E-state index in [2.05, 4.69) is 45.2 Å². The molecule has 0 spiro atoms. The Labute approximate surface area is 154 Å². The highest BCUT2D eigenvalue weighted by Gasteiger charge is 2.21. The van der Waals surface area contributed by atoms with E-state index in [9.17, 15) is 4.79 Å². The van der Waals surface area contributed by atoms with Crippen molar-refractivity contribution >= 4 is 11.9 Å². The molecule has 4 heterocycles. The van der Waals surface area contributed by atoms with E-state index in [4.69, 9.17) is 4.42 Å². The lowest BCUT2D eigenvalue weighted by atomic mass is 10.3. The molecule has 0 saturated carbocycles. The highest BCUT2D eigenvalue weighted by atomic mass is 16.3. The van der Waals surface area contributed by atoms with Gasteiger partial charge in [-0.25, -0.2) is 19.9 Å². The molecule has 2 N–H and O–H groups in total. The first-order valence-corrected chi connectivity index (χ1v) is 8.59. The van der Waals surface area contributed by atoms with E-state index in [0.29, 0.717) is 18.3 Å². The zero-order valence-electron chi connectivity index (χ0n) is 14.6. The van der Waals surface area contributed by atoms with Gasteiger partial charge in [-0.05, 0) is 6.07 Å². The smallest absolute Gasteiger partial charge is 0.273 e. The average Bonchev–Trinajstić information content (AvgIpc) is 3.40. The molecule has 27 heavy (non-hydrogen) atoms. The van der Waals surface area contributed by atoms with Crippen LogP contribution in [0.25, 0.3) is 0 Å². The number of nitrogens with zero attached hydrogens (tertiary/aromatic N) is 7. The number of oxazole rings is 1. The summed E-state index contributed by atoms with van der Waals surface area (Å²) in [6, 6.07) is 1.81. The lowest BCUT2D eigenvalue weighted by Gasteiger charge is -2.33. The third-order valence-corrected chi connectivity index (χ3v) is 4.23. The van der Waals surface area contributed by atoms with E-state index in [1.807, 2.05) is 6.07 Å².